The van der Waals surface area contributed by atoms with E-state index < -0.39 is 0 Å². The third-order valence-corrected chi connectivity index (χ3v) is 4.40. The summed E-state index contributed by atoms with van der Waals surface area (Å²) in [7, 11) is 0. The minimum Gasteiger partial charge on any atom is -0.368 e. The molecule has 3 rings (SSSR count). The number of anilines is 1. The lowest BCUT2D eigenvalue weighted by atomic mass is 10.0. The summed E-state index contributed by atoms with van der Waals surface area (Å²) < 4.78 is 5.51. The first-order valence-electron chi connectivity index (χ1n) is 7.86. The molecule has 120 valence electrons. The van der Waals surface area contributed by atoms with Crippen LogP contribution < -0.4 is 15.8 Å². The molecule has 3 heterocycles. The molecule has 2 aliphatic heterocycles. The van der Waals surface area contributed by atoms with Crippen LogP contribution in [0, 0.1) is 5.92 Å². The number of piperidine rings is 1. The van der Waals surface area contributed by atoms with E-state index in [0.29, 0.717) is 19.0 Å². The van der Waals surface area contributed by atoms with E-state index in [0.717, 1.165) is 25.8 Å². The van der Waals surface area contributed by atoms with Crippen LogP contribution in [0.5, 0.6) is 0 Å². The van der Waals surface area contributed by atoms with Crippen molar-refractivity contribution in [3.05, 3.63) is 22.7 Å². The van der Waals surface area contributed by atoms with Crippen molar-refractivity contribution < 1.29 is 9.53 Å². The molecule has 0 aromatic carbocycles. The van der Waals surface area contributed by atoms with Crippen LogP contribution in [0.25, 0.3) is 0 Å². The molecule has 1 amide bonds. The van der Waals surface area contributed by atoms with E-state index in [1.807, 2.05) is 11.8 Å². The minimum atomic E-state index is -0.339. The van der Waals surface area contributed by atoms with Crippen LogP contribution in [0.2, 0.25) is 0 Å². The van der Waals surface area contributed by atoms with Crippen LogP contribution in [-0.2, 0) is 9.53 Å². The number of amides is 1. The minimum absolute atomic E-state index is 0.0269. The Morgan fingerprint density at radius 1 is 1.50 bits per heavy atom. The van der Waals surface area contributed by atoms with Gasteiger partial charge in [0.05, 0.1) is 0 Å². The Hall–Kier alpha value is -1.89. The maximum Gasteiger partial charge on any atom is 0.290 e. The van der Waals surface area contributed by atoms with Crippen LogP contribution in [0.15, 0.2) is 17.2 Å². The van der Waals surface area contributed by atoms with Crippen molar-refractivity contribution in [2.75, 3.05) is 24.6 Å². The van der Waals surface area contributed by atoms with E-state index in [2.05, 4.69) is 15.3 Å². The second kappa shape index (κ2) is 6.48. The first-order valence-corrected chi connectivity index (χ1v) is 7.86. The summed E-state index contributed by atoms with van der Waals surface area (Å²) in [4.78, 5) is 32.9. The average Bonchev–Trinajstić information content (AvgIpc) is 2.94. The van der Waals surface area contributed by atoms with Crippen LogP contribution in [0.3, 0.4) is 0 Å². The van der Waals surface area contributed by atoms with Crippen molar-refractivity contribution >= 4 is 11.7 Å². The number of hydrogen-bond acceptors (Lipinski definition) is 5. The SMILES string of the molecule is C[C@@H]1CCO[C@H]1C(=O)N[C@@H]1CCCN(c2ncc[nH]c2=O)C1. The predicted molar refractivity (Wildman–Crippen MR) is 81.8 cm³/mol. The number of nitrogens with one attached hydrogen (secondary N) is 2. The number of rotatable bonds is 3. The molecule has 1 aromatic rings. The van der Waals surface area contributed by atoms with Crippen molar-refractivity contribution in [1.82, 2.24) is 15.3 Å². The van der Waals surface area contributed by atoms with Gasteiger partial charge in [0, 0.05) is 38.1 Å². The molecule has 0 bridgehead atoms. The lowest BCUT2D eigenvalue weighted by Crippen LogP contribution is -2.51. The van der Waals surface area contributed by atoms with E-state index in [-0.39, 0.29) is 29.5 Å². The molecule has 0 spiro atoms. The van der Waals surface area contributed by atoms with Crippen LogP contribution >= 0.6 is 0 Å². The molecule has 0 aliphatic carbocycles. The molecule has 2 saturated heterocycles. The van der Waals surface area contributed by atoms with Gasteiger partial charge in [-0.2, -0.15) is 0 Å². The standard InChI is InChI=1S/C15H22N4O3/c1-10-4-8-22-12(10)14(20)18-11-3-2-7-19(9-11)13-15(21)17-6-5-16-13/h5-6,10-12H,2-4,7-9H2,1H3,(H,17,21)(H,18,20)/t10-,11-,12-/m1/s1. The third-order valence-electron chi connectivity index (χ3n) is 4.40. The molecule has 7 nitrogen and oxygen atoms in total. The van der Waals surface area contributed by atoms with Gasteiger partial charge >= 0.3 is 0 Å². The zero-order valence-electron chi connectivity index (χ0n) is 12.7. The maximum absolute atomic E-state index is 12.3. The summed E-state index contributed by atoms with van der Waals surface area (Å²) in [5.41, 5.74) is -0.192. The van der Waals surface area contributed by atoms with Gasteiger partial charge < -0.3 is 19.9 Å². The lowest BCUT2D eigenvalue weighted by Gasteiger charge is -2.34. The fourth-order valence-corrected chi connectivity index (χ4v) is 3.17. The monoisotopic (exact) mass is 306 g/mol. The van der Waals surface area contributed by atoms with E-state index in [4.69, 9.17) is 4.74 Å². The normalized spacial score (nSPS) is 28.6. The Labute approximate surface area is 129 Å². The van der Waals surface area contributed by atoms with Crippen LogP contribution in [0.4, 0.5) is 5.82 Å². The van der Waals surface area contributed by atoms with Gasteiger partial charge in [-0.05, 0) is 25.2 Å². The first kappa shape index (κ1) is 15.0. The van der Waals surface area contributed by atoms with Crippen molar-refractivity contribution in [2.45, 2.75) is 38.3 Å². The second-order valence-corrected chi connectivity index (χ2v) is 6.09. The molecular weight excluding hydrogens is 284 g/mol. The number of aromatic nitrogens is 2. The van der Waals surface area contributed by atoms with Gasteiger partial charge in [-0.3, -0.25) is 9.59 Å². The number of aromatic amines is 1. The maximum atomic E-state index is 12.3. The highest BCUT2D eigenvalue weighted by atomic mass is 16.5. The molecule has 0 unspecified atom stereocenters. The molecule has 2 aliphatic rings. The fraction of sp³-hybridized carbons (Fsp3) is 0.667. The van der Waals surface area contributed by atoms with Gasteiger partial charge in [0.2, 0.25) is 5.91 Å². The Morgan fingerprint density at radius 2 is 2.36 bits per heavy atom. The number of ether oxygens (including phenoxy) is 1. The zero-order chi connectivity index (χ0) is 15.5. The van der Waals surface area contributed by atoms with E-state index in [1.54, 1.807) is 6.20 Å². The molecular formula is C15H22N4O3. The van der Waals surface area contributed by atoms with Gasteiger partial charge in [0.25, 0.3) is 5.56 Å². The molecule has 2 fully saturated rings. The summed E-state index contributed by atoms with van der Waals surface area (Å²) in [6, 6.07) is 0.0269. The number of carbonyl (C=O) groups is 1. The smallest absolute Gasteiger partial charge is 0.290 e. The van der Waals surface area contributed by atoms with Crippen molar-refractivity contribution in [3.8, 4) is 0 Å². The molecule has 2 N–H and O–H groups in total. The van der Waals surface area contributed by atoms with Crippen LogP contribution in [-0.4, -0.2) is 47.7 Å². The van der Waals surface area contributed by atoms with Gasteiger partial charge in [0.15, 0.2) is 5.82 Å². The largest absolute Gasteiger partial charge is 0.368 e. The Morgan fingerprint density at radius 3 is 3.09 bits per heavy atom. The molecule has 0 radical (unpaired) electrons. The molecule has 22 heavy (non-hydrogen) atoms. The van der Waals surface area contributed by atoms with Gasteiger partial charge in [-0.15, -0.1) is 0 Å². The highest BCUT2D eigenvalue weighted by Crippen LogP contribution is 2.21. The predicted octanol–water partition coefficient (Wildman–Crippen LogP) is 0.280. The summed E-state index contributed by atoms with van der Waals surface area (Å²) in [6.07, 6.45) is 5.52. The van der Waals surface area contributed by atoms with E-state index >= 15 is 0 Å². The van der Waals surface area contributed by atoms with E-state index in [9.17, 15) is 9.59 Å². The first-order chi connectivity index (χ1) is 10.6. The Balaban J connectivity index is 1.62. The number of nitrogens with zero attached hydrogens (tertiary/aromatic N) is 2. The summed E-state index contributed by atoms with van der Waals surface area (Å²) in [6.45, 7) is 4.08. The van der Waals surface area contributed by atoms with Crippen LogP contribution in [0.1, 0.15) is 26.2 Å². The van der Waals surface area contributed by atoms with Crippen molar-refractivity contribution in [3.63, 3.8) is 0 Å². The Kier molecular flexibility index (Phi) is 4.42. The number of hydrogen-bond donors (Lipinski definition) is 2. The van der Waals surface area contributed by atoms with Gasteiger partial charge in [-0.1, -0.05) is 6.92 Å². The summed E-state index contributed by atoms with van der Waals surface area (Å²) in [5, 5.41) is 3.06. The molecule has 1 aromatic heterocycles. The number of carbonyl (C=O) groups excluding carboxylic acids is 1. The van der Waals surface area contributed by atoms with Crippen molar-refractivity contribution in [1.29, 1.82) is 0 Å². The highest BCUT2D eigenvalue weighted by Gasteiger charge is 2.33. The highest BCUT2D eigenvalue weighted by molar-refractivity contribution is 5.81. The molecule has 7 heteroatoms. The average molecular weight is 306 g/mol. The van der Waals surface area contributed by atoms with E-state index in [1.165, 1.54) is 6.20 Å². The topological polar surface area (TPSA) is 87.3 Å². The summed E-state index contributed by atoms with van der Waals surface area (Å²) in [5.74, 6) is 0.650. The lowest BCUT2D eigenvalue weighted by molar-refractivity contribution is -0.132. The van der Waals surface area contributed by atoms with Gasteiger partial charge in [-0.25, -0.2) is 4.98 Å². The molecule has 3 atom stereocenters. The van der Waals surface area contributed by atoms with Gasteiger partial charge in [0.1, 0.15) is 6.10 Å². The second-order valence-electron chi connectivity index (χ2n) is 6.09. The third kappa shape index (κ3) is 3.14. The fourth-order valence-electron chi connectivity index (χ4n) is 3.17. The zero-order valence-corrected chi connectivity index (χ0v) is 12.7. The summed E-state index contributed by atoms with van der Waals surface area (Å²) >= 11 is 0. The Bertz CT molecular complexity index is 588. The van der Waals surface area contributed by atoms with Crippen molar-refractivity contribution in [2.24, 2.45) is 5.92 Å². The quantitative estimate of drug-likeness (QED) is 0.837. The molecule has 0 saturated carbocycles. The number of H-pyrrole nitrogens is 1.